The van der Waals surface area contributed by atoms with Crippen LogP contribution < -0.4 is 0 Å². The number of benzene rings is 4. The molecular weight excluding hydrogens is 320 g/mol. The van der Waals surface area contributed by atoms with Crippen LogP contribution in [0.15, 0.2) is 71.6 Å². The lowest BCUT2D eigenvalue weighted by atomic mass is 9.91. The van der Waals surface area contributed by atoms with Crippen LogP contribution in [0.5, 0.6) is 0 Å². The highest BCUT2D eigenvalue weighted by atomic mass is 35.5. The first kappa shape index (κ1) is 14.6. The Labute approximate surface area is 146 Å². The summed E-state index contributed by atoms with van der Waals surface area (Å²) in [4.78, 5) is 0.982. The van der Waals surface area contributed by atoms with Gasteiger partial charge in [-0.25, -0.2) is 0 Å². The van der Waals surface area contributed by atoms with Crippen molar-refractivity contribution in [3.8, 4) is 11.1 Å². The molecular formula is C21H15ClS. The number of hydrogen-bond acceptors (Lipinski definition) is 1. The van der Waals surface area contributed by atoms with Crippen molar-refractivity contribution in [1.82, 2.24) is 0 Å². The van der Waals surface area contributed by atoms with Crippen molar-refractivity contribution in [3.05, 3.63) is 77.3 Å². The zero-order valence-corrected chi connectivity index (χ0v) is 14.3. The topological polar surface area (TPSA) is 0 Å². The number of rotatable bonds is 1. The second-order valence-electron chi connectivity index (χ2n) is 5.75. The van der Waals surface area contributed by atoms with E-state index in [9.17, 15) is 0 Å². The fraction of sp³-hybridized carbons (Fsp3) is 0.0476. The molecule has 112 valence electrons. The predicted molar refractivity (Wildman–Crippen MR) is 104 cm³/mol. The second-order valence-corrected chi connectivity index (χ2v) is 6.60. The maximum absolute atomic E-state index is 6.60. The number of fused-ring (bicyclic) bond motifs is 3. The minimum absolute atomic E-state index is 0.766. The third-order valence-electron chi connectivity index (χ3n) is 4.39. The molecule has 4 rings (SSSR count). The van der Waals surface area contributed by atoms with Gasteiger partial charge >= 0.3 is 0 Å². The molecule has 0 radical (unpaired) electrons. The van der Waals surface area contributed by atoms with Crippen LogP contribution in [0.2, 0.25) is 5.02 Å². The monoisotopic (exact) mass is 334 g/mol. The second kappa shape index (κ2) is 5.59. The van der Waals surface area contributed by atoms with Crippen LogP contribution in [0.4, 0.5) is 0 Å². The largest absolute Gasteiger partial charge is 0.142 e. The van der Waals surface area contributed by atoms with Crippen molar-refractivity contribution in [3.63, 3.8) is 0 Å². The first-order valence-corrected chi connectivity index (χ1v) is 8.39. The van der Waals surface area contributed by atoms with Crippen LogP contribution in [0, 0.1) is 6.92 Å². The highest BCUT2D eigenvalue weighted by molar-refractivity contribution is 7.80. The standard InChI is InChI=1S/C21H15ClS/c1-13-7-2-3-8-14(13)20-19-16(11-6-12-18(19)22)15-9-4-5-10-17(15)21(20)23/h2-12,23H,1H3. The lowest BCUT2D eigenvalue weighted by Gasteiger charge is -2.17. The van der Waals surface area contributed by atoms with Crippen molar-refractivity contribution in [2.45, 2.75) is 11.8 Å². The van der Waals surface area contributed by atoms with Gasteiger partial charge in [-0.1, -0.05) is 72.3 Å². The zero-order valence-electron chi connectivity index (χ0n) is 12.7. The van der Waals surface area contributed by atoms with E-state index < -0.39 is 0 Å². The maximum atomic E-state index is 6.60. The SMILES string of the molecule is Cc1ccccc1-c1c(S)c2ccccc2c2cccc(Cl)c12. The molecule has 0 aliphatic rings. The molecule has 0 aromatic heterocycles. The van der Waals surface area contributed by atoms with Crippen LogP contribution in [0.25, 0.3) is 32.7 Å². The van der Waals surface area contributed by atoms with E-state index in [1.807, 2.05) is 12.1 Å². The minimum atomic E-state index is 0.766. The van der Waals surface area contributed by atoms with E-state index in [4.69, 9.17) is 24.2 Å². The fourth-order valence-corrected chi connectivity index (χ4v) is 3.99. The van der Waals surface area contributed by atoms with Gasteiger partial charge in [-0.2, -0.15) is 0 Å². The van der Waals surface area contributed by atoms with Gasteiger partial charge in [0.05, 0.1) is 0 Å². The van der Waals surface area contributed by atoms with Crippen LogP contribution in [-0.2, 0) is 0 Å². The van der Waals surface area contributed by atoms with Crippen molar-refractivity contribution in [2.75, 3.05) is 0 Å². The van der Waals surface area contributed by atoms with E-state index in [2.05, 4.69) is 61.5 Å². The molecule has 0 unspecified atom stereocenters. The summed E-state index contributed by atoms with van der Waals surface area (Å²) in [6.07, 6.45) is 0. The number of thiol groups is 1. The normalized spacial score (nSPS) is 11.3. The van der Waals surface area contributed by atoms with Gasteiger partial charge in [0.15, 0.2) is 0 Å². The molecule has 0 nitrogen and oxygen atoms in total. The molecule has 23 heavy (non-hydrogen) atoms. The van der Waals surface area contributed by atoms with Crippen molar-refractivity contribution in [2.24, 2.45) is 0 Å². The van der Waals surface area contributed by atoms with E-state index in [-0.39, 0.29) is 0 Å². The molecule has 4 aromatic rings. The Morgan fingerprint density at radius 3 is 2.17 bits per heavy atom. The molecule has 0 saturated carbocycles. The highest BCUT2D eigenvalue weighted by Gasteiger charge is 2.16. The molecule has 2 heteroatoms. The summed E-state index contributed by atoms with van der Waals surface area (Å²) >= 11 is 11.5. The molecule has 0 heterocycles. The number of halogens is 1. The van der Waals surface area contributed by atoms with Crippen molar-refractivity contribution >= 4 is 45.8 Å². The van der Waals surface area contributed by atoms with Gasteiger partial charge in [-0.15, -0.1) is 12.6 Å². The third-order valence-corrected chi connectivity index (χ3v) is 5.17. The van der Waals surface area contributed by atoms with E-state index in [1.54, 1.807) is 0 Å². The van der Waals surface area contributed by atoms with Gasteiger partial charge in [0.1, 0.15) is 0 Å². The maximum Gasteiger partial charge on any atom is 0.0491 e. The van der Waals surface area contributed by atoms with Crippen molar-refractivity contribution < 1.29 is 0 Å². The molecule has 0 aliphatic heterocycles. The summed E-state index contributed by atoms with van der Waals surface area (Å²) in [5, 5.41) is 5.36. The highest BCUT2D eigenvalue weighted by Crippen LogP contribution is 2.44. The predicted octanol–water partition coefficient (Wildman–Crippen LogP) is 6.91. The molecule has 4 aromatic carbocycles. The van der Waals surface area contributed by atoms with Gasteiger partial charge in [-0.05, 0) is 40.3 Å². The van der Waals surface area contributed by atoms with Gasteiger partial charge in [-0.3, -0.25) is 0 Å². The third kappa shape index (κ3) is 2.23. The smallest absolute Gasteiger partial charge is 0.0491 e. The lowest BCUT2D eigenvalue weighted by Crippen LogP contribution is -1.90. The van der Waals surface area contributed by atoms with Crippen LogP contribution in [0.1, 0.15) is 5.56 Å². The summed E-state index contributed by atoms with van der Waals surface area (Å²) in [5.41, 5.74) is 3.52. The molecule has 0 N–H and O–H groups in total. The molecule has 0 saturated heterocycles. The average Bonchev–Trinajstić information content (AvgIpc) is 2.57. The van der Waals surface area contributed by atoms with E-state index in [0.29, 0.717) is 0 Å². The molecule has 0 atom stereocenters. The summed E-state index contributed by atoms with van der Waals surface area (Å²) in [6, 6.07) is 22.9. The van der Waals surface area contributed by atoms with E-state index in [1.165, 1.54) is 21.9 Å². The Hall–Kier alpha value is -1.96. The van der Waals surface area contributed by atoms with Crippen LogP contribution in [0.3, 0.4) is 0 Å². The lowest BCUT2D eigenvalue weighted by molar-refractivity contribution is 1.44. The van der Waals surface area contributed by atoms with Crippen LogP contribution in [-0.4, -0.2) is 0 Å². The number of hydrogen-bond donors (Lipinski definition) is 1. The van der Waals surface area contributed by atoms with E-state index in [0.717, 1.165) is 26.3 Å². The van der Waals surface area contributed by atoms with Gasteiger partial charge in [0, 0.05) is 20.9 Å². The Morgan fingerprint density at radius 1 is 0.739 bits per heavy atom. The van der Waals surface area contributed by atoms with Crippen LogP contribution >= 0.6 is 24.2 Å². The van der Waals surface area contributed by atoms with E-state index >= 15 is 0 Å². The molecule has 0 spiro atoms. The quantitative estimate of drug-likeness (QED) is 0.284. The summed E-state index contributed by atoms with van der Waals surface area (Å²) in [7, 11) is 0. The first-order valence-electron chi connectivity index (χ1n) is 7.56. The molecule has 0 amide bonds. The Morgan fingerprint density at radius 2 is 1.39 bits per heavy atom. The molecule has 0 aliphatic carbocycles. The fourth-order valence-electron chi connectivity index (χ4n) is 3.30. The zero-order chi connectivity index (χ0) is 16.0. The average molecular weight is 335 g/mol. The molecule has 0 fully saturated rings. The number of aryl methyl sites for hydroxylation is 1. The summed E-state index contributed by atoms with van der Waals surface area (Å²) in [6.45, 7) is 2.13. The van der Waals surface area contributed by atoms with Gasteiger partial charge in [0.2, 0.25) is 0 Å². The molecule has 0 bridgehead atoms. The minimum Gasteiger partial charge on any atom is -0.142 e. The Bertz CT molecular complexity index is 1050. The first-order chi connectivity index (χ1) is 11.2. The Kier molecular flexibility index (Phi) is 3.56. The summed E-state index contributed by atoms with van der Waals surface area (Å²) < 4.78 is 0. The van der Waals surface area contributed by atoms with Crippen molar-refractivity contribution in [1.29, 1.82) is 0 Å². The van der Waals surface area contributed by atoms with Gasteiger partial charge in [0.25, 0.3) is 0 Å². The summed E-state index contributed by atoms with van der Waals surface area (Å²) in [5.74, 6) is 0. The van der Waals surface area contributed by atoms with Gasteiger partial charge < -0.3 is 0 Å². The Balaban J connectivity index is 2.31.